The molecule has 3 heterocycles. The standard InChI is InChI=1S/C44H46N2O11/c1-54-26-15-31-30-14-13-23-8-6-11-28(23)36(30)38(33(48)19-46-18-24-7-2-3-10-29(24)42(46)52)40(50)37(31)34(16-26)56-43-44(53,22-47)41(51)39(49)35(57-43)21-55-20-25-17-45-32-12-5-4-9-27(25)32/h2-5,7,9-10,12,15-17,23,28,35,39,41,43,45,47,49-51,53H,6,8,11,13-14,18-22H2,1H3. The number of aromatic hydroxyl groups is 1. The number of H-pyrrole nitrogens is 1. The van der Waals surface area contributed by atoms with E-state index >= 15 is 0 Å². The fourth-order valence-electron chi connectivity index (χ4n) is 9.66. The quantitative estimate of drug-likeness (QED) is 0.104. The molecule has 0 spiro atoms. The smallest absolute Gasteiger partial charge is 0.254 e. The van der Waals surface area contributed by atoms with Crippen molar-refractivity contribution in [3.8, 4) is 17.2 Å². The molecule has 9 rings (SSSR count). The molecular formula is C44H46N2O11. The van der Waals surface area contributed by atoms with Gasteiger partial charge in [-0.25, -0.2) is 0 Å². The number of phenols is 1. The van der Waals surface area contributed by atoms with E-state index in [-0.39, 0.29) is 60.6 Å². The number of aliphatic hydroxyl groups is 4. The van der Waals surface area contributed by atoms with Gasteiger partial charge in [0.15, 0.2) is 11.4 Å². The minimum absolute atomic E-state index is 0.0351. The third kappa shape index (κ3) is 6.24. The summed E-state index contributed by atoms with van der Waals surface area (Å²) in [5.74, 6) is -0.311. The van der Waals surface area contributed by atoms with Gasteiger partial charge in [-0.2, -0.15) is 0 Å². The highest BCUT2D eigenvalue weighted by Gasteiger charge is 2.56. The van der Waals surface area contributed by atoms with Crippen LogP contribution in [0.25, 0.3) is 21.7 Å². The first-order valence-corrected chi connectivity index (χ1v) is 19.5. The van der Waals surface area contributed by atoms with Gasteiger partial charge in [0.05, 0.1) is 44.4 Å². The van der Waals surface area contributed by atoms with Crippen molar-refractivity contribution in [2.24, 2.45) is 5.92 Å². The molecule has 1 amide bonds. The van der Waals surface area contributed by atoms with Gasteiger partial charge in [0.25, 0.3) is 5.91 Å². The molecule has 2 fully saturated rings. The lowest BCUT2D eigenvalue weighted by Crippen LogP contribution is -2.69. The predicted molar refractivity (Wildman–Crippen MR) is 207 cm³/mol. The number of nitrogens with zero attached hydrogens (tertiary/aromatic N) is 1. The zero-order valence-corrected chi connectivity index (χ0v) is 31.5. The van der Waals surface area contributed by atoms with Crippen LogP contribution in [0.15, 0.2) is 66.9 Å². The number of aromatic nitrogens is 1. The van der Waals surface area contributed by atoms with E-state index in [2.05, 4.69) is 4.98 Å². The van der Waals surface area contributed by atoms with Gasteiger partial charge in [-0.05, 0) is 77.8 Å². The summed E-state index contributed by atoms with van der Waals surface area (Å²) in [5.41, 5.74) is 2.44. The Morgan fingerprint density at radius 1 is 1.05 bits per heavy atom. The van der Waals surface area contributed by atoms with Gasteiger partial charge in [-0.15, -0.1) is 0 Å². The van der Waals surface area contributed by atoms with Crippen LogP contribution in [-0.2, 0) is 29.0 Å². The predicted octanol–water partition coefficient (Wildman–Crippen LogP) is 4.47. The Balaban J connectivity index is 1.08. The molecule has 4 aliphatic rings. The number of ether oxygens (including phenoxy) is 4. The Labute approximate surface area is 328 Å². The summed E-state index contributed by atoms with van der Waals surface area (Å²) in [6.07, 6.45) is -0.403. The molecule has 0 bridgehead atoms. The molecule has 1 saturated heterocycles. The number of rotatable bonds is 11. The molecule has 2 aliphatic heterocycles. The number of ketones is 1. The molecule has 7 atom stereocenters. The van der Waals surface area contributed by atoms with Gasteiger partial charge in [0, 0.05) is 40.8 Å². The Morgan fingerprint density at radius 3 is 2.67 bits per heavy atom. The van der Waals surface area contributed by atoms with E-state index in [0.29, 0.717) is 29.0 Å². The summed E-state index contributed by atoms with van der Waals surface area (Å²) in [6.45, 7) is -1.09. The fourth-order valence-corrected chi connectivity index (χ4v) is 9.66. The second-order valence-corrected chi connectivity index (χ2v) is 15.8. The van der Waals surface area contributed by atoms with Crippen LogP contribution < -0.4 is 9.47 Å². The number of amides is 1. The second kappa shape index (κ2) is 14.7. The minimum atomic E-state index is -2.52. The van der Waals surface area contributed by atoms with Gasteiger partial charge in [-0.3, -0.25) is 9.59 Å². The van der Waals surface area contributed by atoms with Crippen LogP contribution in [0.3, 0.4) is 0 Å². The first kappa shape index (κ1) is 37.6. The molecule has 13 nitrogen and oxygen atoms in total. The number of nitrogens with one attached hydrogen (secondary N) is 1. The lowest BCUT2D eigenvalue weighted by atomic mass is 9.72. The van der Waals surface area contributed by atoms with Gasteiger partial charge in [-0.1, -0.05) is 42.8 Å². The van der Waals surface area contributed by atoms with Crippen LogP contribution in [0.4, 0.5) is 0 Å². The highest BCUT2D eigenvalue weighted by Crippen LogP contribution is 2.54. The average Bonchev–Trinajstić information content (AvgIpc) is 3.96. The highest BCUT2D eigenvalue weighted by molar-refractivity contribution is 6.12. The maximum atomic E-state index is 14.6. The van der Waals surface area contributed by atoms with Crippen molar-refractivity contribution in [2.75, 3.05) is 26.9 Å². The molecule has 13 heteroatoms. The number of Topliss-reactive ketones (excluding diaryl/α,β-unsaturated/α-hetero) is 1. The largest absolute Gasteiger partial charge is 0.506 e. The molecule has 57 heavy (non-hydrogen) atoms. The van der Waals surface area contributed by atoms with Gasteiger partial charge in [0.1, 0.15) is 35.6 Å². The second-order valence-electron chi connectivity index (χ2n) is 15.8. The van der Waals surface area contributed by atoms with Gasteiger partial charge >= 0.3 is 0 Å². The number of aryl methyl sites for hydroxylation is 1. The van der Waals surface area contributed by atoms with Crippen LogP contribution in [0.2, 0.25) is 0 Å². The van der Waals surface area contributed by atoms with Crippen molar-refractivity contribution in [2.45, 2.75) is 81.4 Å². The van der Waals surface area contributed by atoms with Crippen molar-refractivity contribution >= 4 is 33.4 Å². The fraction of sp³-hybridized carbons (Fsp3) is 0.409. The zero-order valence-electron chi connectivity index (χ0n) is 31.5. The lowest BCUT2D eigenvalue weighted by Gasteiger charge is -2.47. The summed E-state index contributed by atoms with van der Waals surface area (Å²) in [6, 6.07) is 18.2. The SMILES string of the molecule is COc1cc(OC2OC(COCc3c[nH]c4ccccc34)C(O)C(O)C2(O)CO)c2c(O)c(C(=O)CN3Cc4ccccc4C3=O)c3c(c2c1)CCC1CCCC31. The van der Waals surface area contributed by atoms with E-state index < -0.39 is 42.6 Å². The number of aromatic amines is 1. The molecule has 298 valence electrons. The Bertz CT molecular complexity index is 2380. The summed E-state index contributed by atoms with van der Waals surface area (Å²) < 4.78 is 24.1. The normalized spacial score (nSPS) is 26.8. The number of phenolic OH excluding ortho intramolecular Hbond substituents is 1. The van der Waals surface area contributed by atoms with Crippen molar-refractivity contribution < 1.29 is 54.1 Å². The van der Waals surface area contributed by atoms with E-state index in [9.17, 15) is 35.1 Å². The average molecular weight is 779 g/mol. The molecule has 2 aliphatic carbocycles. The maximum absolute atomic E-state index is 14.6. The van der Waals surface area contributed by atoms with Crippen LogP contribution in [-0.4, -0.2) is 104 Å². The number of hydrogen-bond acceptors (Lipinski definition) is 11. The van der Waals surface area contributed by atoms with Gasteiger partial charge < -0.3 is 54.4 Å². The van der Waals surface area contributed by atoms with Crippen LogP contribution in [0.5, 0.6) is 17.2 Å². The minimum Gasteiger partial charge on any atom is -0.506 e. The summed E-state index contributed by atoms with van der Waals surface area (Å²) in [4.78, 5) is 32.7. The third-order valence-corrected chi connectivity index (χ3v) is 12.6. The molecular weight excluding hydrogens is 732 g/mol. The number of carbonyl (C=O) groups is 2. The van der Waals surface area contributed by atoms with E-state index in [1.54, 1.807) is 18.2 Å². The van der Waals surface area contributed by atoms with E-state index in [1.165, 1.54) is 18.1 Å². The lowest BCUT2D eigenvalue weighted by molar-refractivity contribution is -0.329. The number of methoxy groups -OCH3 is 1. The Morgan fingerprint density at radius 2 is 1.86 bits per heavy atom. The molecule has 6 N–H and O–H groups in total. The number of hydrogen-bond donors (Lipinski definition) is 6. The first-order valence-electron chi connectivity index (χ1n) is 19.5. The van der Waals surface area contributed by atoms with Crippen LogP contribution >= 0.6 is 0 Å². The van der Waals surface area contributed by atoms with E-state index in [0.717, 1.165) is 58.8 Å². The third-order valence-electron chi connectivity index (χ3n) is 12.6. The monoisotopic (exact) mass is 778 g/mol. The van der Waals surface area contributed by atoms with Crippen molar-refractivity contribution in [1.82, 2.24) is 9.88 Å². The number of fused-ring (bicyclic) bond motifs is 7. The summed E-state index contributed by atoms with van der Waals surface area (Å²) >= 11 is 0. The number of benzene rings is 4. The Kier molecular flexibility index (Phi) is 9.70. The van der Waals surface area contributed by atoms with E-state index in [4.69, 9.17) is 18.9 Å². The molecule has 4 aromatic carbocycles. The number of aliphatic hydroxyl groups excluding tert-OH is 3. The topological polar surface area (TPSA) is 191 Å². The first-order chi connectivity index (χ1) is 27.6. The maximum Gasteiger partial charge on any atom is 0.254 e. The van der Waals surface area contributed by atoms with Crippen molar-refractivity contribution in [3.63, 3.8) is 0 Å². The number of carbonyl (C=O) groups excluding carboxylic acids is 2. The zero-order chi connectivity index (χ0) is 39.6. The molecule has 1 aromatic heterocycles. The molecule has 7 unspecified atom stereocenters. The van der Waals surface area contributed by atoms with E-state index in [1.807, 2.05) is 42.6 Å². The summed E-state index contributed by atoms with van der Waals surface area (Å²) in [7, 11) is 1.48. The molecule has 1 saturated carbocycles. The van der Waals surface area contributed by atoms with Crippen LogP contribution in [0, 0.1) is 5.92 Å². The van der Waals surface area contributed by atoms with Crippen molar-refractivity contribution in [3.05, 3.63) is 100 Å². The molecule has 0 radical (unpaired) electrons. The Hall–Kier alpha value is -5.02. The number of para-hydroxylation sites is 1. The van der Waals surface area contributed by atoms with Gasteiger partial charge in [0.2, 0.25) is 6.29 Å². The van der Waals surface area contributed by atoms with Crippen LogP contribution in [0.1, 0.15) is 74.6 Å². The highest BCUT2D eigenvalue weighted by atomic mass is 16.7. The molecule has 5 aromatic rings. The summed E-state index contributed by atoms with van der Waals surface area (Å²) in [5, 5.41) is 58.6. The van der Waals surface area contributed by atoms with Crippen molar-refractivity contribution in [1.29, 1.82) is 0 Å².